The Morgan fingerprint density at radius 3 is 2.16 bits per heavy atom. The van der Waals surface area contributed by atoms with Crippen molar-refractivity contribution < 1.29 is 24.5 Å². The molecule has 0 saturated carbocycles. The maximum atomic E-state index is 13.4. The zero-order chi connectivity index (χ0) is 26.9. The van der Waals surface area contributed by atoms with Gasteiger partial charge in [0.2, 0.25) is 0 Å². The second-order valence-corrected chi connectivity index (χ2v) is 10.2. The fourth-order valence-corrected chi connectivity index (χ4v) is 4.46. The summed E-state index contributed by atoms with van der Waals surface area (Å²) in [5, 5.41) is 21.2. The number of ether oxygens (including phenoxy) is 1. The van der Waals surface area contributed by atoms with Gasteiger partial charge in [-0.3, -0.25) is 14.5 Å². The highest BCUT2D eigenvalue weighted by Gasteiger charge is 2.47. The first-order chi connectivity index (χ1) is 17.6. The third kappa shape index (κ3) is 5.24. The predicted molar refractivity (Wildman–Crippen MR) is 145 cm³/mol. The first-order valence-corrected chi connectivity index (χ1v) is 12.5. The van der Waals surface area contributed by atoms with Gasteiger partial charge in [-0.2, -0.15) is 0 Å². The summed E-state index contributed by atoms with van der Waals surface area (Å²) < 4.78 is 5.85. The highest BCUT2D eigenvalue weighted by Crippen LogP contribution is 2.43. The summed E-state index contributed by atoms with van der Waals surface area (Å²) in [6.07, 6.45) is 0. The van der Waals surface area contributed by atoms with E-state index < -0.39 is 17.7 Å². The number of carbonyl (C=O) groups is 2. The minimum atomic E-state index is -0.859. The van der Waals surface area contributed by atoms with Gasteiger partial charge in [-0.15, -0.1) is 0 Å². The first-order valence-electron chi connectivity index (χ1n) is 12.5. The number of phenols is 1. The molecule has 1 unspecified atom stereocenters. The van der Waals surface area contributed by atoms with Crippen LogP contribution in [0.3, 0.4) is 0 Å². The van der Waals surface area contributed by atoms with Crippen LogP contribution in [0.5, 0.6) is 11.5 Å². The van der Waals surface area contributed by atoms with Gasteiger partial charge in [-0.1, -0.05) is 52.0 Å². The number of nitrogens with zero attached hydrogens (tertiary/aromatic N) is 1. The molecule has 2 N–H and O–H groups in total. The average molecular weight is 500 g/mol. The summed E-state index contributed by atoms with van der Waals surface area (Å²) in [6, 6.07) is 18.2. The molecule has 192 valence electrons. The largest absolute Gasteiger partial charge is 0.508 e. The summed E-state index contributed by atoms with van der Waals surface area (Å²) in [7, 11) is 0. The third-order valence-electron chi connectivity index (χ3n) is 6.51. The van der Waals surface area contributed by atoms with E-state index in [2.05, 4.69) is 27.7 Å². The molecule has 1 saturated heterocycles. The molecule has 4 rings (SSSR count). The van der Waals surface area contributed by atoms with E-state index in [4.69, 9.17) is 4.74 Å². The van der Waals surface area contributed by atoms with Crippen LogP contribution < -0.4 is 9.64 Å². The molecular weight excluding hydrogens is 466 g/mol. The molecule has 1 fully saturated rings. The van der Waals surface area contributed by atoms with Gasteiger partial charge in [0.25, 0.3) is 11.7 Å². The van der Waals surface area contributed by atoms with E-state index in [0.717, 1.165) is 11.1 Å². The number of phenolic OH excluding ortho intramolecular Hbond substituents is 1. The SMILES string of the molecule is Cc1cc(/C(O)=C2/C(=O)C(=O)N(c3ccc(C(C)C)cc3)C2c2ccc(O)cc2)ccc1OCC(C)C. The average Bonchev–Trinajstić information content (AvgIpc) is 3.13. The smallest absolute Gasteiger partial charge is 0.300 e. The molecule has 6 nitrogen and oxygen atoms in total. The van der Waals surface area contributed by atoms with Crippen molar-refractivity contribution in [2.45, 2.75) is 46.6 Å². The zero-order valence-electron chi connectivity index (χ0n) is 21.9. The van der Waals surface area contributed by atoms with Crippen LogP contribution in [0.15, 0.2) is 72.3 Å². The second-order valence-electron chi connectivity index (χ2n) is 10.2. The Hall–Kier alpha value is -4.06. The summed E-state index contributed by atoms with van der Waals surface area (Å²) in [6.45, 7) is 10.7. The first kappa shape index (κ1) is 26.0. The van der Waals surface area contributed by atoms with Crippen molar-refractivity contribution >= 4 is 23.1 Å². The predicted octanol–water partition coefficient (Wildman–Crippen LogP) is 6.49. The maximum absolute atomic E-state index is 13.4. The standard InChI is InChI=1S/C31H33NO5/c1-18(2)17-37-26-15-10-23(16-20(26)5)29(34)27-28(22-8-13-25(33)14-9-22)32(31(36)30(27)35)24-11-6-21(7-12-24)19(3)4/h6-16,18-19,28,33-34H,17H2,1-5H3/b29-27-. The highest BCUT2D eigenvalue weighted by atomic mass is 16.5. The van der Waals surface area contributed by atoms with E-state index in [0.29, 0.717) is 41.0 Å². The van der Waals surface area contributed by atoms with Crippen LogP contribution in [0.25, 0.3) is 5.76 Å². The Morgan fingerprint density at radius 1 is 0.946 bits per heavy atom. The van der Waals surface area contributed by atoms with Crippen molar-refractivity contribution in [1.82, 2.24) is 0 Å². The quantitative estimate of drug-likeness (QED) is 0.221. The van der Waals surface area contributed by atoms with Crippen molar-refractivity contribution in [1.29, 1.82) is 0 Å². The van der Waals surface area contributed by atoms with Crippen LogP contribution in [0.1, 0.15) is 61.9 Å². The zero-order valence-corrected chi connectivity index (χ0v) is 21.9. The van der Waals surface area contributed by atoms with Gasteiger partial charge in [0.1, 0.15) is 17.3 Å². The Morgan fingerprint density at radius 2 is 1.59 bits per heavy atom. The molecule has 3 aromatic rings. The highest BCUT2D eigenvalue weighted by molar-refractivity contribution is 6.51. The van der Waals surface area contributed by atoms with Crippen LogP contribution in [0.4, 0.5) is 5.69 Å². The van der Waals surface area contributed by atoms with Gasteiger partial charge in [-0.05, 0) is 77.9 Å². The number of anilines is 1. The molecule has 0 radical (unpaired) electrons. The van der Waals surface area contributed by atoms with E-state index in [1.807, 2.05) is 31.2 Å². The van der Waals surface area contributed by atoms with Gasteiger partial charge in [0.15, 0.2) is 0 Å². The Labute approximate surface area is 217 Å². The molecule has 0 spiro atoms. The van der Waals surface area contributed by atoms with Crippen molar-refractivity contribution in [3.63, 3.8) is 0 Å². The fraction of sp³-hybridized carbons (Fsp3) is 0.290. The fourth-order valence-electron chi connectivity index (χ4n) is 4.46. The monoisotopic (exact) mass is 499 g/mol. The van der Waals surface area contributed by atoms with E-state index in [1.54, 1.807) is 30.3 Å². The van der Waals surface area contributed by atoms with Gasteiger partial charge < -0.3 is 14.9 Å². The number of aryl methyl sites for hydroxylation is 1. The number of aromatic hydroxyl groups is 1. The Kier molecular flexibility index (Phi) is 7.39. The van der Waals surface area contributed by atoms with Crippen LogP contribution in [-0.2, 0) is 9.59 Å². The number of rotatable bonds is 7. The van der Waals surface area contributed by atoms with E-state index in [-0.39, 0.29) is 17.1 Å². The molecule has 37 heavy (non-hydrogen) atoms. The number of amides is 1. The molecule has 0 aromatic heterocycles. The summed E-state index contributed by atoms with van der Waals surface area (Å²) >= 11 is 0. The Bertz CT molecular complexity index is 1340. The molecule has 1 atom stereocenters. The van der Waals surface area contributed by atoms with Crippen molar-refractivity contribution in [2.24, 2.45) is 5.92 Å². The number of Topliss-reactive ketones (excluding diaryl/α,β-unsaturated/α-hetero) is 1. The normalized spacial score (nSPS) is 17.2. The van der Waals surface area contributed by atoms with Crippen LogP contribution >= 0.6 is 0 Å². The molecule has 1 heterocycles. The van der Waals surface area contributed by atoms with E-state index >= 15 is 0 Å². The summed E-state index contributed by atoms with van der Waals surface area (Å²) in [5.41, 5.74) is 3.49. The molecule has 1 aliphatic rings. The number of ketones is 1. The van der Waals surface area contributed by atoms with Gasteiger partial charge in [-0.25, -0.2) is 0 Å². The summed E-state index contributed by atoms with van der Waals surface area (Å²) in [4.78, 5) is 28.1. The lowest BCUT2D eigenvalue weighted by atomic mass is 9.94. The van der Waals surface area contributed by atoms with Crippen LogP contribution in [0.2, 0.25) is 0 Å². The lowest BCUT2D eigenvalue weighted by molar-refractivity contribution is -0.132. The van der Waals surface area contributed by atoms with Crippen LogP contribution in [0, 0.1) is 12.8 Å². The summed E-state index contributed by atoms with van der Waals surface area (Å²) in [5.74, 6) is -0.292. The van der Waals surface area contributed by atoms with Crippen molar-refractivity contribution in [3.8, 4) is 11.5 Å². The molecule has 0 bridgehead atoms. The van der Waals surface area contributed by atoms with Crippen LogP contribution in [-0.4, -0.2) is 28.5 Å². The van der Waals surface area contributed by atoms with Crippen molar-refractivity contribution in [2.75, 3.05) is 11.5 Å². The molecule has 1 amide bonds. The lowest BCUT2D eigenvalue weighted by Crippen LogP contribution is -2.29. The number of hydrogen-bond acceptors (Lipinski definition) is 5. The lowest BCUT2D eigenvalue weighted by Gasteiger charge is -2.26. The number of hydrogen-bond donors (Lipinski definition) is 2. The molecule has 0 aliphatic carbocycles. The maximum Gasteiger partial charge on any atom is 0.300 e. The Balaban J connectivity index is 1.83. The number of carbonyl (C=O) groups excluding carboxylic acids is 2. The minimum Gasteiger partial charge on any atom is -0.508 e. The number of benzene rings is 3. The minimum absolute atomic E-state index is 0.00104. The topological polar surface area (TPSA) is 87.1 Å². The van der Waals surface area contributed by atoms with Crippen molar-refractivity contribution in [3.05, 3.63) is 94.6 Å². The number of aliphatic hydroxyl groups is 1. The van der Waals surface area contributed by atoms with Gasteiger partial charge >= 0.3 is 0 Å². The molecule has 6 heteroatoms. The second kappa shape index (κ2) is 10.5. The van der Waals surface area contributed by atoms with Gasteiger partial charge in [0.05, 0.1) is 18.2 Å². The molecule has 1 aliphatic heterocycles. The molecular formula is C31H33NO5. The van der Waals surface area contributed by atoms with Gasteiger partial charge in [0, 0.05) is 11.3 Å². The third-order valence-corrected chi connectivity index (χ3v) is 6.51. The van der Waals surface area contributed by atoms with E-state index in [9.17, 15) is 19.8 Å². The van der Waals surface area contributed by atoms with E-state index in [1.165, 1.54) is 17.0 Å². The number of aliphatic hydroxyl groups excluding tert-OH is 1. The molecule has 3 aromatic carbocycles.